The number of rotatable bonds is 9. The summed E-state index contributed by atoms with van der Waals surface area (Å²) in [7, 11) is 0. The lowest BCUT2D eigenvalue weighted by Crippen LogP contribution is -2.32. The molecule has 0 atom stereocenters. The minimum Gasteiger partial charge on any atom is -0.386 e. The predicted octanol–water partition coefficient (Wildman–Crippen LogP) is 4.06. The summed E-state index contributed by atoms with van der Waals surface area (Å²) in [5.74, 6) is 1.59. The fourth-order valence-electron chi connectivity index (χ4n) is 4.06. The third-order valence-electron chi connectivity index (χ3n) is 5.88. The van der Waals surface area contributed by atoms with Crippen molar-refractivity contribution in [3.8, 4) is 0 Å². The van der Waals surface area contributed by atoms with Crippen LogP contribution in [0.4, 0.5) is 5.82 Å². The van der Waals surface area contributed by atoms with Crippen molar-refractivity contribution in [1.82, 2.24) is 9.55 Å². The molecule has 2 N–H and O–H groups in total. The predicted molar refractivity (Wildman–Crippen MR) is 125 cm³/mol. The van der Waals surface area contributed by atoms with Crippen LogP contribution in [0.1, 0.15) is 66.8 Å². The number of ketones is 1. The number of oxime groups is 1. The van der Waals surface area contributed by atoms with Gasteiger partial charge in [-0.15, -0.1) is 0 Å². The minimum atomic E-state index is -0.144. The second-order valence-electron chi connectivity index (χ2n) is 8.71. The SMILES string of the molecule is Cc1cc(C(=O)CON=C(N)c2cccnc2N2CCCCC2)c(C)n1CCC(C)C. The normalized spacial score (nSPS) is 14.9. The number of aromatic nitrogens is 2. The summed E-state index contributed by atoms with van der Waals surface area (Å²) >= 11 is 0. The third-order valence-corrected chi connectivity index (χ3v) is 5.88. The number of nitrogens with two attached hydrogens (primary N) is 1. The standard InChI is InChI=1S/C24H35N5O2/c1-17(2)10-14-29-18(3)15-21(19(29)4)22(30)16-31-27-23(25)20-9-8-11-26-24(20)28-12-6-5-7-13-28/h8-9,11,15,17H,5-7,10,12-14,16H2,1-4H3,(H2,25,27). The Labute approximate surface area is 185 Å². The fourth-order valence-corrected chi connectivity index (χ4v) is 4.06. The summed E-state index contributed by atoms with van der Waals surface area (Å²) < 4.78 is 2.20. The molecule has 1 aliphatic heterocycles. The van der Waals surface area contributed by atoms with Crippen LogP contribution >= 0.6 is 0 Å². The maximum Gasteiger partial charge on any atom is 0.204 e. The molecule has 3 heterocycles. The molecule has 1 aliphatic rings. The second-order valence-corrected chi connectivity index (χ2v) is 8.71. The molecule has 2 aromatic rings. The molecule has 0 unspecified atom stereocenters. The van der Waals surface area contributed by atoms with Crippen molar-refractivity contribution in [3.63, 3.8) is 0 Å². The highest BCUT2D eigenvalue weighted by Crippen LogP contribution is 2.22. The van der Waals surface area contributed by atoms with Gasteiger partial charge in [0, 0.05) is 42.8 Å². The van der Waals surface area contributed by atoms with Crippen molar-refractivity contribution in [3.05, 3.63) is 46.9 Å². The lowest BCUT2D eigenvalue weighted by atomic mass is 10.1. The van der Waals surface area contributed by atoms with Gasteiger partial charge < -0.3 is 20.0 Å². The molecule has 0 bridgehead atoms. The number of pyridine rings is 1. The van der Waals surface area contributed by atoms with Crippen LogP contribution in [-0.2, 0) is 11.4 Å². The topological polar surface area (TPSA) is 85.7 Å². The summed E-state index contributed by atoms with van der Waals surface area (Å²) in [4.78, 5) is 24.8. The Balaban J connectivity index is 1.66. The first-order valence-electron chi connectivity index (χ1n) is 11.2. The molecule has 3 rings (SSSR count). The van der Waals surface area contributed by atoms with Crippen LogP contribution in [-0.4, -0.2) is 40.9 Å². The number of Topliss-reactive ketones (excluding diaryl/α,β-unsaturated/α-hetero) is 1. The maximum absolute atomic E-state index is 12.7. The van der Waals surface area contributed by atoms with Gasteiger partial charge in [-0.2, -0.15) is 0 Å². The number of hydrogen-bond acceptors (Lipinski definition) is 5. The van der Waals surface area contributed by atoms with Gasteiger partial charge in [-0.1, -0.05) is 19.0 Å². The number of anilines is 1. The Hall–Kier alpha value is -2.83. The smallest absolute Gasteiger partial charge is 0.204 e. The van der Waals surface area contributed by atoms with Gasteiger partial charge in [0.1, 0.15) is 5.82 Å². The van der Waals surface area contributed by atoms with Crippen molar-refractivity contribution in [2.24, 2.45) is 16.8 Å². The van der Waals surface area contributed by atoms with Crippen molar-refractivity contribution >= 4 is 17.4 Å². The minimum absolute atomic E-state index is 0.0945. The zero-order chi connectivity index (χ0) is 22.4. The van der Waals surface area contributed by atoms with E-state index in [-0.39, 0.29) is 18.2 Å². The van der Waals surface area contributed by atoms with Gasteiger partial charge in [0.15, 0.2) is 12.4 Å². The maximum atomic E-state index is 12.7. The molecule has 0 amide bonds. The van der Waals surface area contributed by atoms with Crippen LogP contribution < -0.4 is 10.6 Å². The summed E-state index contributed by atoms with van der Waals surface area (Å²) in [6, 6.07) is 5.66. The van der Waals surface area contributed by atoms with Crippen LogP contribution in [0.5, 0.6) is 0 Å². The number of hydrogen-bond donors (Lipinski definition) is 1. The van der Waals surface area contributed by atoms with E-state index in [0.29, 0.717) is 11.5 Å². The van der Waals surface area contributed by atoms with Crippen molar-refractivity contribution in [2.75, 3.05) is 24.6 Å². The third kappa shape index (κ3) is 5.66. The molecule has 168 valence electrons. The molecule has 1 fully saturated rings. The van der Waals surface area contributed by atoms with Gasteiger partial charge in [0.2, 0.25) is 5.78 Å². The number of nitrogens with zero attached hydrogens (tertiary/aromatic N) is 4. The Morgan fingerprint density at radius 2 is 1.97 bits per heavy atom. The zero-order valence-electron chi connectivity index (χ0n) is 19.2. The molecule has 7 nitrogen and oxygen atoms in total. The molecule has 0 radical (unpaired) electrons. The Morgan fingerprint density at radius 1 is 1.23 bits per heavy atom. The molecular weight excluding hydrogens is 390 g/mol. The highest BCUT2D eigenvalue weighted by Gasteiger charge is 2.19. The van der Waals surface area contributed by atoms with Crippen LogP contribution in [0, 0.1) is 19.8 Å². The van der Waals surface area contributed by atoms with Gasteiger partial charge in [-0.25, -0.2) is 4.98 Å². The number of carbonyl (C=O) groups excluding carboxylic acids is 1. The summed E-state index contributed by atoms with van der Waals surface area (Å²) in [5, 5.41) is 4.03. The summed E-state index contributed by atoms with van der Waals surface area (Å²) in [6.07, 6.45) is 6.37. The molecular formula is C24H35N5O2. The largest absolute Gasteiger partial charge is 0.386 e. The second kappa shape index (κ2) is 10.5. The van der Waals surface area contributed by atoms with E-state index in [1.54, 1.807) is 6.20 Å². The van der Waals surface area contributed by atoms with Crippen LogP contribution in [0.15, 0.2) is 29.6 Å². The monoisotopic (exact) mass is 425 g/mol. The summed E-state index contributed by atoms with van der Waals surface area (Å²) in [6.45, 7) is 11.1. The highest BCUT2D eigenvalue weighted by molar-refractivity contribution is 6.02. The van der Waals surface area contributed by atoms with Gasteiger partial charge in [0.25, 0.3) is 0 Å². The number of aryl methyl sites for hydroxylation is 1. The Morgan fingerprint density at radius 3 is 2.68 bits per heavy atom. The number of piperidine rings is 1. The van der Waals surface area contributed by atoms with E-state index < -0.39 is 0 Å². The highest BCUT2D eigenvalue weighted by atomic mass is 16.6. The van der Waals surface area contributed by atoms with Crippen molar-refractivity contribution in [2.45, 2.75) is 59.9 Å². The molecule has 0 aromatic carbocycles. The van der Waals surface area contributed by atoms with Gasteiger partial charge in [-0.05, 0) is 63.6 Å². The average molecular weight is 426 g/mol. The Bertz CT molecular complexity index is 926. The van der Waals surface area contributed by atoms with Gasteiger partial charge >= 0.3 is 0 Å². The van der Waals surface area contributed by atoms with E-state index in [4.69, 9.17) is 10.6 Å². The molecule has 0 spiro atoms. The van der Waals surface area contributed by atoms with E-state index in [1.165, 1.54) is 6.42 Å². The van der Waals surface area contributed by atoms with E-state index in [2.05, 4.69) is 33.5 Å². The van der Waals surface area contributed by atoms with E-state index in [0.717, 1.165) is 61.7 Å². The first-order valence-corrected chi connectivity index (χ1v) is 11.2. The van der Waals surface area contributed by atoms with E-state index in [9.17, 15) is 4.79 Å². The van der Waals surface area contributed by atoms with Crippen molar-refractivity contribution in [1.29, 1.82) is 0 Å². The van der Waals surface area contributed by atoms with E-state index in [1.807, 2.05) is 32.0 Å². The molecule has 0 aliphatic carbocycles. The first kappa shape index (κ1) is 22.8. The Kier molecular flexibility index (Phi) is 7.71. The summed E-state index contributed by atoms with van der Waals surface area (Å²) in [5.41, 5.74) is 9.69. The van der Waals surface area contributed by atoms with Crippen LogP contribution in [0.2, 0.25) is 0 Å². The molecule has 7 heteroatoms. The first-order chi connectivity index (χ1) is 14.9. The molecule has 31 heavy (non-hydrogen) atoms. The lowest BCUT2D eigenvalue weighted by molar-refractivity contribution is 0.0775. The zero-order valence-corrected chi connectivity index (χ0v) is 19.2. The van der Waals surface area contributed by atoms with Gasteiger partial charge in [-0.3, -0.25) is 4.79 Å². The average Bonchev–Trinajstić information content (AvgIpc) is 3.06. The quantitative estimate of drug-likeness (QED) is 0.283. The van der Waals surface area contributed by atoms with Crippen molar-refractivity contribution < 1.29 is 9.63 Å². The number of carbonyl (C=O) groups is 1. The molecule has 2 aromatic heterocycles. The molecule has 1 saturated heterocycles. The molecule has 0 saturated carbocycles. The van der Waals surface area contributed by atoms with E-state index >= 15 is 0 Å². The lowest BCUT2D eigenvalue weighted by Gasteiger charge is -2.29. The number of amidine groups is 1. The van der Waals surface area contributed by atoms with Gasteiger partial charge in [0.05, 0.1) is 5.56 Å². The van der Waals surface area contributed by atoms with Crippen LogP contribution in [0.25, 0.3) is 0 Å². The fraction of sp³-hybridized carbons (Fsp3) is 0.542. The van der Waals surface area contributed by atoms with Crippen LogP contribution in [0.3, 0.4) is 0 Å².